The number of rotatable bonds is 5. The summed E-state index contributed by atoms with van der Waals surface area (Å²) in [6, 6.07) is -0.172. The monoisotopic (exact) mass is 232 g/mol. The smallest absolute Gasteiger partial charge is 0.244 e. The van der Waals surface area contributed by atoms with Gasteiger partial charge in [-0.2, -0.15) is 5.10 Å². The van der Waals surface area contributed by atoms with Crippen LogP contribution in [0.3, 0.4) is 0 Å². The van der Waals surface area contributed by atoms with Crippen LogP contribution in [0.25, 0.3) is 0 Å². The Bertz CT molecular complexity index is 412. The number of sulfonamides is 1. The van der Waals surface area contributed by atoms with Crippen LogP contribution in [0, 0.1) is 6.92 Å². The third-order valence-corrected chi connectivity index (χ3v) is 3.73. The molecular weight excluding hydrogens is 216 g/mol. The Morgan fingerprint density at radius 1 is 1.67 bits per heavy atom. The van der Waals surface area contributed by atoms with E-state index in [9.17, 15) is 8.42 Å². The molecule has 0 aliphatic heterocycles. The van der Waals surface area contributed by atoms with E-state index in [1.165, 1.54) is 6.20 Å². The molecule has 0 aromatic carbocycles. The van der Waals surface area contributed by atoms with Crippen molar-refractivity contribution in [2.45, 2.75) is 31.2 Å². The van der Waals surface area contributed by atoms with E-state index in [0.29, 0.717) is 18.7 Å². The predicted molar refractivity (Wildman–Crippen MR) is 56.8 cm³/mol. The molecule has 0 aliphatic carbocycles. The molecule has 1 rings (SSSR count). The summed E-state index contributed by atoms with van der Waals surface area (Å²) in [6.45, 7) is 3.89. The summed E-state index contributed by atoms with van der Waals surface area (Å²) >= 11 is 0. The van der Waals surface area contributed by atoms with Gasteiger partial charge < -0.3 is 5.73 Å². The van der Waals surface area contributed by atoms with Crippen LogP contribution in [0.1, 0.15) is 19.0 Å². The van der Waals surface area contributed by atoms with Crippen molar-refractivity contribution >= 4 is 10.0 Å². The summed E-state index contributed by atoms with van der Waals surface area (Å²) in [6.07, 6.45) is 1.91. The molecule has 7 heteroatoms. The van der Waals surface area contributed by atoms with Crippen molar-refractivity contribution in [3.05, 3.63) is 11.9 Å². The van der Waals surface area contributed by atoms with Crippen molar-refractivity contribution in [2.75, 3.05) is 6.54 Å². The molecule has 0 saturated heterocycles. The van der Waals surface area contributed by atoms with Gasteiger partial charge in [-0.15, -0.1) is 0 Å². The summed E-state index contributed by atoms with van der Waals surface area (Å²) < 4.78 is 26.1. The van der Waals surface area contributed by atoms with Gasteiger partial charge >= 0.3 is 0 Å². The maximum absolute atomic E-state index is 11.8. The van der Waals surface area contributed by atoms with E-state index in [-0.39, 0.29) is 10.9 Å². The molecule has 1 aromatic heterocycles. The SMILES string of the molecule is Cc1[nH]ncc1S(=O)(=O)NC(C)CCN. The molecule has 15 heavy (non-hydrogen) atoms. The highest BCUT2D eigenvalue weighted by atomic mass is 32.2. The molecule has 1 unspecified atom stereocenters. The molecule has 0 saturated carbocycles. The van der Waals surface area contributed by atoms with Crippen LogP contribution in [0.15, 0.2) is 11.1 Å². The Morgan fingerprint density at radius 3 is 2.80 bits per heavy atom. The van der Waals surface area contributed by atoms with Crippen molar-refractivity contribution < 1.29 is 8.42 Å². The third-order valence-electron chi connectivity index (χ3n) is 2.03. The van der Waals surface area contributed by atoms with Gasteiger partial charge in [0, 0.05) is 6.04 Å². The molecule has 1 aromatic rings. The Balaban J connectivity index is 2.81. The second-order valence-electron chi connectivity index (χ2n) is 3.46. The van der Waals surface area contributed by atoms with Crippen LogP contribution in [0.4, 0.5) is 0 Å². The summed E-state index contributed by atoms with van der Waals surface area (Å²) in [5.41, 5.74) is 5.87. The molecule has 0 fully saturated rings. The molecule has 0 radical (unpaired) electrons. The van der Waals surface area contributed by atoms with Crippen LogP contribution in [-0.4, -0.2) is 31.2 Å². The minimum Gasteiger partial charge on any atom is -0.330 e. The quantitative estimate of drug-likeness (QED) is 0.650. The number of nitrogens with one attached hydrogen (secondary N) is 2. The number of aryl methyl sites for hydroxylation is 1. The zero-order valence-electron chi connectivity index (χ0n) is 8.82. The van der Waals surface area contributed by atoms with Crippen molar-refractivity contribution in [1.82, 2.24) is 14.9 Å². The summed E-state index contributed by atoms with van der Waals surface area (Å²) in [5, 5.41) is 6.26. The van der Waals surface area contributed by atoms with Gasteiger partial charge in [0.2, 0.25) is 10.0 Å². The van der Waals surface area contributed by atoms with Crippen molar-refractivity contribution in [3.63, 3.8) is 0 Å². The lowest BCUT2D eigenvalue weighted by molar-refractivity contribution is 0.549. The predicted octanol–water partition coefficient (Wildman–Crippen LogP) is -0.266. The zero-order valence-corrected chi connectivity index (χ0v) is 9.63. The minimum atomic E-state index is -3.47. The van der Waals surface area contributed by atoms with Gasteiger partial charge in [-0.25, -0.2) is 13.1 Å². The molecule has 1 heterocycles. The molecule has 6 nitrogen and oxygen atoms in total. The average molecular weight is 232 g/mol. The molecule has 0 spiro atoms. The van der Waals surface area contributed by atoms with Crippen LogP contribution >= 0.6 is 0 Å². The second-order valence-corrected chi connectivity index (χ2v) is 5.14. The van der Waals surface area contributed by atoms with Gasteiger partial charge in [0.05, 0.1) is 11.9 Å². The number of aromatic amines is 1. The Morgan fingerprint density at radius 2 is 2.33 bits per heavy atom. The van der Waals surface area contributed by atoms with Crippen LogP contribution in [0.5, 0.6) is 0 Å². The lowest BCUT2D eigenvalue weighted by Crippen LogP contribution is -2.34. The van der Waals surface area contributed by atoms with Crippen LogP contribution in [-0.2, 0) is 10.0 Å². The molecular formula is C8H16N4O2S. The number of aromatic nitrogens is 2. The standard InChI is InChI=1S/C8H16N4O2S/c1-6(3-4-9)12-15(13,14)8-5-10-11-7(8)2/h5-6,12H,3-4,9H2,1-2H3,(H,10,11). The number of nitrogens with two attached hydrogens (primary N) is 1. The van der Waals surface area contributed by atoms with E-state index in [1.807, 2.05) is 0 Å². The molecule has 86 valence electrons. The van der Waals surface area contributed by atoms with Gasteiger partial charge in [-0.05, 0) is 26.8 Å². The van der Waals surface area contributed by atoms with Gasteiger partial charge in [0.25, 0.3) is 0 Å². The number of nitrogens with zero attached hydrogens (tertiary/aromatic N) is 1. The highest BCUT2D eigenvalue weighted by Gasteiger charge is 2.20. The van der Waals surface area contributed by atoms with Gasteiger partial charge in [0.15, 0.2) is 0 Å². The lowest BCUT2D eigenvalue weighted by atomic mass is 10.3. The van der Waals surface area contributed by atoms with Crippen molar-refractivity contribution in [1.29, 1.82) is 0 Å². The van der Waals surface area contributed by atoms with Gasteiger partial charge in [-0.3, -0.25) is 5.10 Å². The van der Waals surface area contributed by atoms with Gasteiger partial charge in [0.1, 0.15) is 4.90 Å². The van der Waals surface area contributed by atoms with E-state index < -0.39 is 10.0 Å². The fraction of sp³-hybridized carbons (Fsp3) is 0.625. The Kier molecular flexibility index (Phi) is 3.83. The summed E-state index contributed by atoms with van der Waals surface area (Å²) in [5.74, 6) is 0. The van der Waals surface area contributed by atoms with Crippen LogP contribution in [0.2, 0.25) is 0 Å². The minimum absolute atomic E-state index is 0.172. The molecule has 4 N–H and O–H groups in total. The molecule has 1 atom stereocenters. The fourth-order valence-electron chi connectivity index (χ4n) is 1.25. The van der Waals surface area contributed by atoms with E-state index in [0.717, 1.165) is 0 Å². The number of hydrogen-bond acceptors (Lipinski definition) is 4. The van der Waals surface area contributed by atoms with E-state index >= 15 is 0 Å². The second kappa shape index (κ2) is 4.73. The van der Waals surface area contributed by atoms with E-state index in [1.54, 1.807) is 13.8 Å². The molecule has 0 bridgehead atoms. The normalized spacial score (nSPS) is 14.1. The van der Waals surface area contributed by atoms with Crippen LogP contribution < -0.4 is 10.5 Å². The number of hydrogen-bond donors (Lipinski definition) is 3. The first-order valence-corrected chi connectivity index (χ1v) is 6.18. The molecule has 0 aliphatic rings. The summed E-state index contributed by atoms with van der Waals surface area (Å²) in [4.78, 5) is 0.186. The van der Waals surface area contributed by atoms with E-state index in [4.69, 9.17) is 5.73 Å². The lowest BCUT2D eigenvalue weighted by Gasteiger charge is -2.12. The Hall–Kier alpha value is -0.920. The topological polar surface area (TPSA) is 101 Å². The first-order chi connectivity index (χ1) is 6.97. The maximum atomic E-state index is 11.8. The van der Waals surface area contributed by atoms with Crippen molar-refractivity contribution in [2.24, 2.45) is 5.73 Å². The third kappa shape index (κ3) is 3.01. The highest BCUT2D eigenvalue weighted by Crippen LogP contribution is 2.11. The fourth-order valence-corrected chi connectivity index (χ4v) is 2.66. The summed E-state index contributed by atoms with van der Waals surface area (Å²) in [7, 11) is -3.47. The zero-order chi connectivity index (χ0) is 11.5. The van der Waals surface area contributed by atoms with Gasteiger partial charge in [-0.1, -0.05) is 0 Å². The van der Waals surface area contributed by atoms with E-state index in [2.05, 4.69) is 14.9 Å². The first kappa shape index (κ1) is 12.2. The number of H-pyrrole nitrogens is 1. The maximum Gasteiger partial charge on any atom is 0.244 e. The largest absolute Gasteiger partial charge is 0.330 e. The first-order valence-electron chi connectivity index (χ1n) is 4.69. The average Bonchev–Trinajstić information content (AvgIpc) is 2.51. The Labute approximate surface area is 89.3 Å². The highest BCUT2D eigenvalue weighted by molar-refractivity contribution is 7.89. The van der Waals surface area contributed by atoms with Crippen molar-refractivity contribution in [3.8, 4) is 0 Å². The molecule has 0 amide bonds.